The maximum absolute atomic E-state index is 5.75. The summed E-state index contributed by atoms with van der Waals surface area (Å²) >= 11 is 0. The van der Waals surface area contributed by atoms with E-state index in [0.29, 0.717) is 6.04 Å². The quantitative estimate of drug-likeness (QED) is 0.600. The Balaban J connectivity index is 2.20. The molecule has 3 heteroatoms. The molecule has 1 saturated heterocycles. The average Bonchev–Trinajstić information content (AvgIpc) is 2.18. The Kier molecular flexibility index (Phi) is 2.78. The minimum absolute atomic E-state index is 0.436. The molecule has 1 atom stereocenters. The minimum Gasteiger partial charge on any atom is -0.377 e. The molecule has 1 fully saturated rings. The zero-order chi connectivity index (χ0) is 9.97. The molecule has 1 heterocycles. The highest BCUT2D eigenvalue weighted by Crippen LogP contribution is 2.17. The van der Waals surface area contributed by atoms with E-state index in [1.165, 1.54) is 5.69 Å². The lowest BCUT2D eigenvalue weighted by molar-refractivity contribution is 0.0989. The Morgan fingerprint density at radius 1 is 1.50 bits per heavy atom. The molecule has 0 N–H and O–H groups in total. The van der Waals surface area contributed by atoms with Gasteiger partial charge in [-0.3, -0.25) is 0 Å². The van der Waals surface area contributed by atoms with Crippen LogP contribution < -0.4 is 10.4 Å². The molecule has 0 aromatic heterocycles. The molecular weight excluding hydrogens is 173 g/mol. The summed E-state index contributed by atoms with van der Waals surface area (Å²) in [4.78, 5) is 2.33. The Hall–Kier alpha value is -0.955. The van der Waals surface area contributed by atoms with Gasteiger partial charge < -0.3 is 9.64 Å². The van der Waals surface area contributed by atoms with Crippen LogP contribution in [0, 0.1) is 0 Å². The first-order valence-electron chi connectivity index (χ1n) is 4.97. The van der Waals surface area contributed by atoms with Crippen LogP contribution in [-0.2, 0) is 4.74 Å². The van der Waals surface area contributed by atoms with Crippen LogP contribution in [0.1, 0.15) is 6.92 Å². The van der Waals surface area contributed by atoms with Crippen LogP contribution in [0.2, 0.25) is 0 Å². The van der Waals surface area contributed by atoms with Gasteiger partial charge >= 0.3 is 0 Å². The van der Waals surface area contributed by atoms with E-state index in [2.05, 4.69) is 17.9 Å². The fourth-order valence-electron chi connectivity index (χ4n) is 1.81. The third-order valence-corrected chi connectivity index (χ3v) is 2.57. The van der Waals surface area contributed by atoms with Crippen molar-refractivity contribution in [3.8, 4) is 0 Å². The summed E-state index contributed by atoms with van der Waals surface area (Å²) in [5.74, 6) is 0. The molecule has 0 saturated carbocycles. The van der Waals surface area contributed by atoms with Crippen molar-refractivity contribution < 1.29 is 4.74 Å². The molecule has 14 heavy (non-hydrogen) atoms. The zero-order valence-corrected chi connectivity index (χ0v) is 8.44. The molecule has 0 amide bonds. The molecule has 0 unspecified atom stereocenters. The lowest BCUT2D eigenvalue weighted by Crippen LogP contribution is -2.43. The largest absolute Gasteiger partial charge is 0.377 e. The Labute approximate surface area is 86.3 Å². The van der Waals surface area contributed by atoms with Crippen molar-refractivity contribution in [2.45, 2.75) is 13.0 Å². The van der Waals surface area contributed by atoms with Gasteiger partial charge in [0.2, 0.25) is 0 Å². The second kappa shape index (κ2) is 4.05. The van der Waals surface area contributed by atoms with Gasteiger partial charge in [0.15, 0.2) is 0 Å². The highest BCUT2D eigenvalue weighted by Gasteiger charge is 2.18. The van der Waals surface area contributed by atoms with Crippen LogP contribution in [-0.4, -0.2) is 33.6 Å². The van der Waals surface area contributed by atoms with Gasteiger partial charge in [0.1, 0.15) is 7.85 Å². The monoisotopic (exact) mass is 187 g/mol. The smallest absolute Gasteiger partial charge is 0.113 e. The summed E-state index contributed by atoms with van der Waals surface area (Å²) in [5, 5.41) is 0. The molecular formula is C11H14BNO. The first kappa shape index (κ1) is 9.59. The third kappa shape index (κ3) is 1.93. The fourth-order valence-corrected chi connectivity index (χ4v) is 1.81. The Morgan fingerprint density at radius 3 is 3.07 bits per heavy atom. The molecule has 0 bridgehead atoms. The SMILES string of the molecule is [B]c1cccc(N2CCOC[C@@H]2C)c1. The summed E-state index contributed by atoms with van der Waals surface area (Å²) in [5.41, 5.74) is 2.02. The van der Waals surface area contributed by atoms with Crippen molar-refractivity contribution in [3.63, 3.8) is 0 Å². The van der Waals surface area contributed by atoms with Gasteiger partial charge in [-0.1, -0.05) is 17.6 Å². The molecule has 2 rings (SSSR count). The van der Waals surface area contributed by atoms with Crippen LogP contribution in [0.3, 0.4) is 0 Å². The van der Waals surface area contributed by atoms with E-state index in [1.54, 1.807) is 0 Å². The van der Waals surface area contributed by atoms with Gasteiger partial charge in [-0.05, 0) is 19.1 Å². The molecule has 1 aromatic carbocycles. The van der Waals surface area contributed by atoms with Gasteiger partial charge in [0, 0.05) is 18.3 Å². The highest BCUT2D eigenvalue weighted by molar-refractivity contribution is 6.32. The number of anilines is 1. The molecule has 1 aliphatic rings. The van der Waals surface area contributed by atoms with E-state index in [-0.39, 0.29) is 0 Å². The summed E-state index contributed by atoms with van der Waals surface area (Å²) in [7, 11) is 5.75. The minimum atomic E-state index is 0.436. The normalized spacial score (nSPS) is 22.4. The summed E-state index contributed by atoms with van der Waals surface area (Å²) < 4.78 is 5.39. The van der Waals surface area contributed by atoms with Crippen LogP contribution in [0.5, 0.6) is 0 Å². The van der Waals surface area contributed by atoms with Crippen LogP contribution in [0.15, 0.2) is 24.3 Å². The molecule has 1 aliphatic heterocycles. The highest BCUT2D eigenvalue weighted by atomic mass is 16.5. The van der Waals surface area contributed by atoms with E-state index < -0.39 is 0 Å². The van der Waals surface area contributed by atoms with Crippen molar-refractivity contribution in [1.82, 2.24) is 0 Å². The number of nitrogens with zero attached hydrogens (tertiary/aromatic N) is 1. The van der Waals surface area contributed by atoms with E-state index in [1.807, 2.05) is 18.2 Å². The van der Waals surface area contributed by atoms with Gasteiger partial charge in [0.05, 0.1) is 13.2 Å². The van der Waals surface area contributed by atoms with E-state index >= 15 is 0 Å². The van der Waals surface area contributed by atoms with Crippen molar-refractivity contribution in [2.24, 2.45) is 0 Å². The maximum Gasteiger partial charge on any atom is 0.113 e. The van der Waals surface area contributed by atoms with Gasteiger partial charge in [-0.2, -0.15) is 0 Å². The van der Waals surface area contributed by atoms with E-state index in [9.17, 15) is 0 Å². The van der Waals surface area contributed by atoms with Crippen LogP contribution >= 0.6 is 0 Å². The summed E-state index contributed by atoms with van der Waals surface area (Å²) in [6.45, 7) is 4.72. The maximum atomic E-state index is 5.75. The second-order valence-electron chi connectivity index (χ2n) is 3.71. The number of benzene rings is 1. The number of ether oxygens (including phenoxy) is 1. The van der Waals surface area contributed by atoms with Gasteiger partial charge in [-0.25, -0.2) is 0 Å². The molecule has 72 valence electrons. The number of morpholine rings is 1. The first-order valence-corrected chi connectivity index (χ1v) is 4.97. The Bertz CT molecular complexity index is 316. The third-order valence-electron chi connectivity index (χ3n) is 2.57. The lowest BCUT2D eigenvalue weighted by atomic mass is 9.95. The lowest BCUT2D eigenvalue weighted by Gasteiger charge is -2.35. The second-order valence-corrected chi connectivity index (χ2v) is 3.71. The van der Waals surface area contributed by atoms with Crippen molar-refractivity contribution >= 4 is 19.0 Å². The fraction of sp³-hybridized carbons (Fsp3) is 0.455. The Morgan fingerprint density at radius 2 is 2.36 bits per heavy atom. The zero-order valence-electron chi connectivity index (χ0n) is 8.44. The topological polar surface area (TPSA) is 12.5 Å². The van der Waals surface area contributed by atoms with Crippen molar-refractivity contribution in [3.05, 3.63) is 24.3 Å². The predicted molar refractivity (Wildman–Crippen MR) is 59.5 cm³/mol. The molecule has 2 radical (unpaired) electrons. The van der Waals surface area contributed by atoms with Gasteiger partial charge in [0.25, 0.3) is 0 Å². The average molecular weight is 187 g/mol. The van der Waals surface area contributed by atoms with Crippen LogP contribution in [0.25, 0.3) is 0 Å². The van der Waals surface area contributed by atoms with E-state index in [0.717, 1.165) is 25.2 Å². The number of hydrogen-bond donors (Lipinski definition) is 0. The van der Waals surface area contributed by atoms with E-state index in [4.69, 9.17) is 12.6 Å². The van der Waals surface area contributed by atoms with Crippen molar-refractivity contribution in [1.29, 1.82) is 0 Å². The molecule has 0 spiro atoms. The molecule has 1 aromatic rings. The molecule has 2 nitrogen and oxygen atoms in total. The predicted octanol–water partition coefficient (Wildman–Crippen LogP) is 0.706. The van der Waals surface area contributed by atoms with Crippen LogP contribution in [0.4, 0.5) is 5.69 Å². The molecule has 0 aliphatic carbocycles. The number of rotatable bonds is 1. The van der Waals surface area contributed by atoms with Gasteiger partial charge in [-0.15, -0.1) is 0 Å². The number of hydrogen-bond acceptors (Lipinski definition) is 2. The first-order chi connectivity index (χ1) is 6.77. The van der Waals surface area contributed by atoms with Crippen molar-refractivity contribution in [2.75, 3.05) is 24.7 Å². The standard InChI is InChI=1S/C11H14BNO/c1-9-8-14-6-5-13(9)11-4-2-3-10(12)7-11/h2-4,7,9H,5-6,8H2,1H3/t9-/m0/s1. The summed E-state index contributed by atoms with van der Waals surface area (Å²) in [6.07, 6.45) is 0. The summed E-state index contributed by atoms with van der Waals surface area (Å²) in [6, 6.07) is 8.45.